The Bertz CT molecular complexity index is 900. The Balaban J connectivity index is 4.17. The molecule has 0 amide bonds. The molecule has 0 spiro atoms. The zero-order chi connectivity index (χ0) is 40.0. The van der Waals surface area contributed by atoms with Crippen molar-refractivity contribution >= 4 is 17.9 Å². The minimum Gasteiger partial charge on any atom is -0.544 e. The number of carbonyl (C=O) groups excluding carboxylic acids is 3. The Kier molecular flexibility index (Phi) is 36.6. The second kappa shape index (κ2) is 38.0. The molecule has 0 aliphatic carbocycles. The number of carbonyl (C=O) groups is 3. The van der Waals surface area contributed by atoms with Crippen LogP contribution < -0.4 is 5.11 Å². The van der Waals surface area contributed by atoms with Crippen molar-refractivity contribution in [3.8, 4) is 0 Å². The lowest BCUT2D eigenvalue weighted by Crippen LogP contribution is -2.55. The molecule has 0 saturated carbocycles. The van der Waals surface area contributed by atoms with Crippen LogP contribution in [0.4, 0.5) is 0 Å². The van der Waals surface area contributed by atoms with E-state index >= 15 is 0 Å². The van der Waals surface area contributed by atoms with Gasteiger partial charge in [-0.25, -0.2) is 0 Å². The van der Waals surface area contributed by atoms with Crippen LogP contribution >= 0.6 is 0 Å². The first-order valence-corrected chi connectivity index (χ1v) is 22.7. The van der Waals surface area contributed by atoms with Gasteiger partial charge in [-0.05, 0) is 38.5 Å². The van der Waals surface area contributed by atoms with Crippen LogP contribution in [0.25, 0.3) is 0 Å². The smallest absolute Gasteiger partial charge is 0.306 e. The van der Waals surface area contributed by atoms with Crippen molar-refractivity contribution < 1.29 is 38.2 Å². The van der Waals surface area contributed by atoms with Gasteiger partial charge in [-0.3, -0.25) is 9.59 Å². The Labute approximate surface area is 333 Å². The number of unbranched alkanes of at least 4 members (excludes halogenated alkanes) is 25. The molecule has 0 N–H and O–H groups in total. The summed E-state index contributed by atoms with van der Waals surface area (Å²) in [6.45, 7) is 4.66. The molecule has 8 nitrogen and oxygen atoms in total. The minimum absolute atomic E-state index is 0.0445. The van der Waals surface area contributed by atoms with Gasteiger partial charge in [-0.2, -0.15) is 0 Å². The molecular formula is C46H87NO7. The van der Waals surface area contributed by atoms with Gasteiger partial charge in [0.05, 0.1) is 40.3 Å². The third kappa shape index (κ3) is 35.8. The molecule has 0 aromatic heterocycles. The Morgan fingerprint density at radius 3 is 1.33 bits per heavy atom. The van der Waals surface area contributed by atoms with Crippen LogP contribution in [-0.4, -0.2) is 75.5 Å². The van der Waals surface area contributed by atoms with Gasteiger partial charge in [-0.15, -0.1) is 0 Å². The molecule has 2 unspecified atom stereocenters. The molecule has 0 bridgehead atoms. The van der Waals surface area contributed by atoms with Crippen LogP contribution in [0, 0.1) is 0 Å². The predicted octanol–water partition coefficient (Wildman–Crippen LogP) is 11.0. The summed E-state index contributed by atoms with van der Waals surface area (Å²) in [7, 11) is 5.41. The summed E-state index contributed by atoms with van der Waals surface area (Å²) >= 11 is 0. The van der Waals surface area contributed by atoms with Crippen molar-refractivity contribution in [2.45, 2.75) is 225 Å². The summed E-state index contributed by atoms with van der Waals surface area (Å²) in [6.07, 6.45) is 39.6. The fourth-order valence-corrected chi connectivity index (χ4v) is 6.83. The number of allylic oxidation sites excluding steroid dienone is 2. The van der Waals surface area contributed by atoms with E-state index in [0.717, 1.165) is 38.5 Å². The molecule has 0 aromatic rings. The van der Waals surface area contributed by atoms with E-state index in [1.807, 2.05) is 0 Å². The van der Waals surface area contributed by atoms with Crippen LogP contribution in [0.5, 0.6) is 0 Å². The number of esters is 2. The first-order valence-electron chi connectivity index (χ1n) is 22.7. The van der Waals surface area contributed by atoms with Gasteiger partial charge in [0, 0.05) is 19.3 Å². The standard InChI is InChI=1S/C46H87NO7/c1-6-8-10-12-14-16-17-18-19-20-21-22-23-24-25-26-27-29-30-32-34-36-44(48)53-41-42(40-52-39-38-43(46(50)51)47(3,4)5)54-45(49)37-35-33-31-28-15-13-11-9-7-2/h22-23,42-43H,6-21,24-41H2,1-5H3/b23-22+. The molecule has 0 saturated heterocycles. The molecule has 0 aromatic carbocycles. The quantitative estimate of drug-likeness (QED) is 0.0264. The summed E-state index contributed by atoms with van der Waals surface area (Å²) in [5.74, 6) is -1.73. The van der Waals surface area contributed by atoms with Crippen molar-refractivity contribution in [3.63, 3.8) is 0 Å². The number of hydrogen-bond acceptors (Lipinski definition) is 7. The number of rotatable bonds is 41. The van der Waals surface area contributed by atoms with Crippen molar-refractivity contribution in [3.05, 3.63) is 12.2 Å². The molecule has 0 heterocycles. The summed E-state index contributed by atoms with van der Waals surface area (Å²) < 4.78 is 17.1. The van der Waals surface area contributed by atoms with E-state index in [4.69, 9.17) is 14.2 Å². The maximum atomic E-state index is 12.6. The van der Waals surface area contributed by atoms with Crippen LogP contribution in [0.2, 0.25) is 0 Å². The number of likely N-dealkylation sites (N-methyl/N-ethyl adjacent to an activating group) is 1. The summed E-state index contributed by atoms with van der Waals surface area (Å²) in [4.78, 5) is 36.7. The fraction of sp³-hybridized carbons (Fsp3) is 0.891. The highest BCUT2D eigenvalue weighted by Crippen LogP contribution is 2.15. The summed E-state index contributed by atoms with van der Waals surface area (Å²) in [5, 5.41) is 11.6. The zero-order valence-corrected chi connectivity index (χ0v) is 36.2. The third-order valence-electron chi connectivity index (χ3n) is 10.4. The van der Waals surface area contributed by atoms with Gasteiger partial charge in [0.25, 0.3) is 0 Å². The number of ether oxygens (including phenoxy) is 3. The predicted molar refractivity (Wildman–Crippen MR) is 222 cm³/mol. The van der Waals surface area contributed by atoms with E-state index in [1.165, 1.54) is 141 Å². The number of nitrogens with zero attached hydrogens (tertiary/aromatic N) is 1. The van der Waals surface area contributed by atoms with Crippen LogP contribution in [-0.2, 0) is 28.6 Å². The number of carboxylic acid groups (broad SMARTS) is 1. The van der Waals surface area contributed by atoms with Gasteiger partial charge < -0.3 is 28.6 Å². The molecule has 8 heteroatoms. The number of quaternary nitrogens is 1. The fourth-order valence-electron chi connectivity index (χ4n) is 6.83. The lowest BCUT2D eigenvalue weighted by molar-refractivity contribution is -0.889. The van der Waals surface area contributed by atoms with E-state index in [0.29, 0.717) is 12.8 Å². The highest BCUT2D eigenvalue weighted by Gasteiger charge is 2.25. The van der Waals surface area contributed by atoms with Crippen molar-refractivity contribution in [1.29, 1.82) is 0 Å². The normalized spacial score (nSPS) is 13.0. The van der Waals surface area contributed by atoms with Gasteiger partial charge >= 0.3 is 11.9 Å². The topological polar surface area (TPSA) is 102 Å². The molecule has 318 valence electrons. The molecule has 0 aliphatic rings. The zero-order valence-electron chi connectivity index (χ0n) is 36.2. The monoisotopic (exact) mass is 766 g/mol. The maximum absolute atomic E-state index is 12.6. The van der Waals surface area contributed by atoms with Crippen LogP contribution in [0.1, 0.15) is 213 Å². The largest absolute Gasteiger partial charge is 0.544 e. The SMILES string of the molecule is CCCCCCCCCCCC/C=C/CCCCCCCCCC(=O)OCC(COCCC(C(=O)[O-])[N+](C)(C)C)OC(=O)CCCCCCCCCCC. The summed E-state index contributed by atoms with van der Waals surface area (Å²) in [5.41, 5.74) is 0. The highest BCUT2D eigenvalue weighted by atomic mass is 16.6. The number of aliphatic carboxylic acids is 1. The molecular weight excluding hydrogens is 679 g/mol. The molecule has 2 atom stereocenters. The number of carboxylic acids is 1. The Morgan fingerprint density at radius 2 is 0.926 bits per heavy atom. The van der Waals surface area contributed by atoms with E-state index < -0.39 is 18.1 Å². The molecule has 0 rings (SSSR count). The van der Waals surface area contributed by atoms with Crippen molar-refractivity contribution in [2.75, 3.05) is 41.0 Å². The molecule has 54 heavy (non-hydrogen) atoms. The van der Waals surface area contributed by atoms with Crippen LogP contribution in [0.3, 0.4) is 0 Å². The highest BCUT2D eigenvalue weighted by molar-refractivity contribution is 5.70. The molecule has 0 radical (unpaired) electrons. The van der Waals surface area contributed by atoms with Crippen LogP contribution in [0.15, 0.2) is 12.2 Å². The van der Waals surface area contributed by atoms with Gasteiger partial charge in [0.15, 0.2) is 6.10 Å². The third-order valence-corrected chi connectivity index (χ3v) is 10.4. The van der Waals surface area contributed by atoms with Gasteiger partial charge in [0.1, 0.15) is 12.6 Å². The first-order chi connectivity index (χ1) is 26.1. The van der Waals surface area contributed by atoms with Crippen molar-refractivity contribution in [2.24, 2.45) is 0 Å². The van der Waals surface area contributed by atoms with Crippen molar-refractivity contribution in [1.82, 2.24) is 0 Å². The lowest BCUT2D eigenvalue weighted by Gasteiger charge is -2.34. The van der Waals surface area contributed by atoms with E-state index in [1.54, 1.807) is 21.1 Å². The Morgan fingerprint density at radius 1 is 0.537 bits per heavy atom. The average Bonchev–Trinajstić information content (AvgIpc) is 3.12. The van der Waals surface area contributed by atoms with E-state index in [2.05, 4.69) is 26.0 Å². The maximum Gasteiger partial charge on any atom is 0.306 e. The molecule has 0 aliphatic heterocycles. The Hall–Kier alpha value is -1.93. The van der Waals surface area contributed by atoms with E-state index in [9.17, 15) is 19.5 Å². The lowest BCUT2D eigenvalue weighted by atomic mass is 10.1. The second-order valence-corrected chi connectivity index (χ2v) is 16.6. The molecule has 0 fully saturated rings. The number of hydrogen-bond donors (Lipinski definition) is 0. The summed E-state index contributed by atoms with van der Waals surface area (Å²) in [6, 6.07) is -0.721. The average molecular weight is 766 g/mol. The first kappa shape index (κ1) is 52.1. The van der Waals surface area contributed by atoms with Gasteiger partial charge in [-0.1, -0.05) is 167 Å². The second-order valence-electron chi connectivity index (χ2n) is 16.6. The minimum atomic E-state index is -1.12. The van der Waals surface area contributed by atoms with Gasteiger partial charge in [0.2, 0.25) is 0 Å². The van der Waals surface area contributed by atoms with E-state index in [-0.39, 0.29) is 42.7 Å².